The average molecular weight is 224 g/mol. The van der Waals surface area contributed by atoms with Crippen molar-refractivity contribution in [1.82, 2.24) is 15.3 Å². The van der Waals surface area contributed by atoms with Crippen LogP contribution in [0.15, 0.2) is 12.3 Å². The second kappa shape index (κ2) is 5.60. The van der Waals surface area contributed by atoms with Gasteiger partial charge in [0, 0.05) is 17.9 Å². The van der Waals surface area contributed by atoms with Gasteiger partial charge in [-0.3, -0.25) is 0 Å². The average Bonchev–Trinajstić information content (AvgIpc) is 2.17. The Hall–Kier alpha value is -1.23. The van der Waals surface area contributed by atoms with Gasteiger partial charge in [-0.1, -0.05) is 6.92 Å². The van der Waals surface area contributed by atoms with E-state index in [1.807, 2.05) is 13.0 Å². The Labute approximate surface area is 95.5 Å². The molecule has 4 nitrogen and oxygen atoms in total. The number of hydrogen-bond acceptors (Lipinski definition) is 3. The number of nitrogens with zero attached hydrogens (tertiary/aromatic N) is 2. The number of anilines is 1. The van der Waals surface area contributed by atoms with E-state index in [9.17, 15) is 0 Å². The maximum Gasteiger partial charge on any atom is 0.229 e. The van der Waals surface area contributed by atoms with Crippen molar-refractivity contribution in [3.05, 3.63) is 18.0 Å². The summed E-state index contributed by atoms with van der Waals surface area (Å²) in [6.45, 7) is 6.09. The Balaban J connectivity index is 2.51. The summed E-state index contributed by atoms with van der Waals surface area (Å²) in [6.07, 6.45) is 2.73. The first kappa shape index (κ1) is 11.8. The summed E-state index contributed by atoms with van der Waals surface area (Å²) < 4.78 is 0. The van der Waals surface area contributed by atoms with Gasteiger partial charge in [0.1, 0.15) is 0 Å². The molecule has 0 bridgehead atoms. The van der Waals surface area contributed by atoms with Gasteiger partial charge in [-0.15, -0.1) is 0 Å². The third kappa shape index (κ3) is 4.20. The Morgan fingerprint density at radius 3 is 2.93 bits per heavy atom. The molecule has 2 N–H and O–H groups in total. The number of aromatic nitrogens is 2. The van der Waals surface area contributed by atoms with E-state index in [0.717, 1.165) is 12.1 Å². The van der Waals surface area contributed by atoms with E-state index in [4.69, 9.17) is 12.2 Å². The Morgan fingerprint density at radius 2 is 2.33 bits per heavy atom. The van der Waals surface area contributed by atoms with Crippen LogP contribution in [0, 0.1) is 6.92 Å². The molecule has 0 aliphatic heterocycles. The summed E-state index contributed by atoms with van der Waals surface area (Å²) in [7, 11) is 0. The first-order valence-corrected chi connectivity index (χ1v) is 5.39. The Bertz CT molecular complexity index is 340. The van der Waals surface area contributed by atoms with Crippen LogP contribution < -0.4 is 10.6 Å². The minimum Gasteiger partial charge on any atom is -0.360 e. The van der Waals surface area contributed by atoms with E-state index in [2.05, 4.69) is 34.4 Å². The summed E-state index contributed by atoms with van der Waals surface area (Å²) in [4.78, 5) is 8.26. The van der Waals surface area contributed by atoms with Gasteiger partial charge in [0.25, 0.3) is 0 Å². The highest BCUT2D eigenvalue weighted by Gasteiger charge is 2.03. The van der Waals surface area contributed by atoms with Gasteiger partial charge in [0.15, 0.2) is 5.11 Å². The highest BCUT2D eigenvalue weighted by atomic mass is 32.1. The van der Waals surface area contributed by atoms with Crippen molar-refractivity contribution in [2.75, 3.05) is 5.32 Å². The zero-order valence-corrected chi connectivity index (χ0v) is 10.1. The van der Waals surface area contributed by atoms with Crippen LogP contribution in [0.1, 0.15) is 26.0 Å². The third-order valence-corrected chi connectivity index (χ3v) is 2.23. The highest BCUT2D eigenvalue weighted by Crippen LogP contribution is 1.99. The molecule has 0 radical (unpaired) electrons. The maximum absolute atomic E-state index is 5.12. The van der Waals surface area contributed by atoms with E-state index in [1.54, 1.807) is 6.20 Å². The second-order valence-corrected chi connectivity index (χ2v) is 3.84. The molecule has 0 aromatic carbocycles. The smallest absolute Gasteiger partial charge is 0.229 e. The summed E-state index contributed by atoms with van der Waals surface area (Å²) in [5.74, 6) is 0.538. The predicted octanol–water partition coefficient (Wildman–Crippen LogP) is 1.87. The fourth-order valence-electron chi connectivity index (χ4n) is 0.973. The van der Waals surface area contributed by atoms with Crippen LogP contribution in [0.3, 0.4) is 0 Å². The van der Waals surface area contributed by atoms with Crippen molar-refractivity contribution in [3.63, 3.8) is 0 Å². The normalized spacial score (nSPS) is 11.9. The van der Waals surface area contributed by atoms with Crippen molar-refractivity contribution < 1.29 is 0 Å². The molecule has 1 heterocycles. The van der Waals surface area contributed by atoms with Crippen LogP contribution in [-0.2, 0) is 0 Å². The molecule has 0 amide bonds. The Morgan fingerprint density at radius 1 is 1.60 bits per heavy atom. The lowest BCUT2D eigenvalue weighted by atomic mass is 10.3. The SMILES string of the molecule is CC[C@@H](C)NC(=S)Nc1nccc(C)n1. The molecule has 0 aliphatic rings. The molecular formula is C10H16N4S. The second-order valence-electron chi connectivity index (χ2n) is 3.43. The van der Waals surface area contributed by atoms with Gasteiger partial charge < -0.3 is 10.6 Å². The van der Waals surface area contributed by atoms with Crippen LogP contribution in [0.5, 0.6) is 0 Å². The summed E-state index contributed by atoms with van der Waals surface area (Å²) in [5, 5.41) is 6.65. The van der Waals surface area contributed by atoms with Gasteiger partial charge in [0.2, 0.25) is 5.95 Å². The van der Waals surface area contributed by atoms with Crippen molar-refractivity contribution in [2.45, 2.75) is 33.2 Å². The van der Waals surface area contributed by atoms with E-state index in [0.29, 0.717) is 17.1 Å². The van der Waals surface area contributed by atoms with Gasteiger partial charge in [-0.25, -0.2) is 9.97 Å². The molecule has 82 valence electrons. The van der Waals surface area contributed by atoms with E-state index >= 15 is 0 Å². The topological polar surface area (TPSA) is 49.8 Å². The fourth-order valence-corrected chi connectivity index (χ4v) is 1.27. The van der Waals surface area contributed by atoms with Gasteiger partial charge in [-0.05, 0) is 38.6 Å². The zero-order chi connectivity index (χ0) is 11.3. The highest BCUT2D eigenvalue weighted by molar-refractivity contribution is 7.80. The molecule has 0 unspecified atom stereocenters. The molecule has 1 aromatic heterocycles. The monoisotopic (exact) mass is 224 g/mol. The maximum atomic E-state index is 5.12. The van der Waals surface area contributed by atoms with E-state index in [-0.39, 0.29) is 0 Å². The number of aryl methyl sites for hydroxylation is 1. The molecule has 0 spiro atoms. The molecule has 1 rings (SSSR count). The molecule has 0 fully saturated rings. The van der Waals surface area contributed by atoms with Crippen LogP contribution in [-0.4, -0.2) is 21.1 Å². The molecule has 1 aromatic rings. The molecule has 15 heavy (non-hydrogen) atoms. The molecule has 1 atom stereocenters. The zero-order valence-electron chi connectivity index (χ0n) is 9.24. The van der Waals surface area contributed by atoms with Crippen molar-refractivity contribution in [3.8, 4) is 0 Å². The standard InChI is InChI=1S/C10H16N4S/c1-4-7(2)13-10(15)14-9-11-6-5-8(3)12-9/h5-7H,4H2,1-3H3,(H2,11,12,13,14,15)/t7-/m1/s1. The largest absolute Gasteiger partial charge is 0.360 e. The van der Waals surface area contributed by atoms with E-state index < -0.39 is 0 Å². The summed E-state index contributed by atoms with van der Waals surface area (Å²) in [6, 6.07) is 2.20. The van der Waals surface area contributed by atoms with Gasteiger partial charge in [0.05, 0.1) is 0 Å². The molecule has 0 saturated heterocycles. The van der Waals surface area contributed by atoms with Crippen molar-refractivity contribution in [2.24, 2.45) is 0 Å². The summed E-state index contributed by atoms with van der Waals surface area (Å²) >= 11 is 5.12. The quantitative estimate of drug-likeness (QED) is 0.768. The molecular weight excluding hydrogens is 208 g/mol. The van der Waals surface area contributed by atoms with Crippen LogP contribution in [0.2, 0.25) is 0 Å². The minimum absolute atomic E-state index is 0.356. The van der Waals surface area contributed by atoms with Gasteiger partial charge >= 0.3 is 0 Å². The Kier molecular flexibility index (Phi) is 4.42. The lowest BCUT2D eigenvalue weighted by Crippen LogP contribution is -2.35. The predicted molar refractivity (Wildman–Crippen MR) is 65.9 cm³/mol. The lowest BCUT2D eigenvalue weighted by Gasteiger charge is -2.14. The minimum atomic E-state index is 0.356. The van der Waals surface area contributed by atoms with Crippen molar-refractivity contribution in [1.29, 1.82) is 0 Å². The fraction of sp³-hybridized carbons (Fsp3) is 0.500. The van der Waals surface area contributed by atoms with Crippen molar-refractivity contribution >= 4 is 23.3 Å². The first-order chi connectivity index (χ1) is 7.11. The number of rotatable bonds is 3. The first-order valence-electron chi connectivity index (χ1n) is 4.99. The molecule has 0 aliphatic carbocycles. The van der Waals surface area contributed by atoms with Crippen LogP contribution in [0.4, 0.5) is 5.95 Å². The number of nitrogens with one attached hydrogen (secondary N) is 2. The van der Waals surface area contributed by atoms with Crippen LogP contribution >= 0.6 is 12.2 Å². The third-order valence-electron chi connectivity index (χ3n) is 2.01. The number of thiocarbonyl (C=S) groups is 1. The van der Waals surface area contributed by atoms with E-state index in [1.165, 1.54) is 0 Å². The number of hydrogen-bond donors (Lipinski definition) is 2. The summed E-state index contributed by atoms with van der Waals surface area (Å²) in [5.41, 5.74) is 0.916. The molecule has 5 heteroatoms. The molecule has 0 saturated carbocycles. The van der Waals surface area contributed by atoms with Crippen LogP contribution in [0.25, 0.3) is 0 Å². The van der Waals surface area contributed by atoms with Gasteiger partial charge in [-0.2, -0.15) is 0 Å². The lowest BCUT2D eigenvalue weighted by molar-refractivity contribution is 0.645.